The molecule has 0 radical (unpaired) electrons. The van der Waals surface area contributed by atoms with Crippen LogP contribution in [0.2, 0.25) is 0 Å². The number of rotatable bonds is 3. The maximum atomic E-state index is 14.8. The van der Waals surface area contributed by atoms with Crippen LogP contribution in [-0.4, -0.2) is 34.2 Å². The van der Waals surface area contributed by atoms with Crippen LogP contribution in [0.25, 0.3) is 16.5 Å². The molecule has 0 aromatic heterocycles. The molecule has 2 aliphatic carbocycles. The number of aryl methyl sites for hydroxylation is 1. The van der Waals surface area contributed by atoms with Crippen molar-refractivity contribution in [2.75, 3.05) is 0 Å². The van der Waals surface area contributed by atoms with Crippen molar-refractivity contribution in [3.8, 4) is 11.5 Å². The highest BCUT2D eigenvalue weighted by Gasteiger charge is 2.65. The molecular formula is C41H44O7. The van der Waals surface area contributed by atoms with Crippen LogP contribution < -0.4 is 9.47 Å². The molecule has 1 spiro atoms. The number of ketones is 2. The first-order chi connectivity index (χ1) is 22.7. The van der Waals surface area contributed by atoms with Gasteiger partial charge in [-0.1, -0.05) is 64.4 Å². The average Bonchev–Trinajstić information content (AvgIpc) is 3.50. The van der Waals surface area contributed by atoms with Crippen LogP contribution >= 0.6 is 0 Å². The molecule has 3 aromatic rings. The molecular weight excluding hydrogens is 604 g/mol. The van der Waals surface area contributed by atoms with Gasteiger partial charge in [-0.05, 0) is 85.3 Å². The Labute approximate surface area is 281 Å². The number of fused-ring (bicyclic) bond motifs is 11. The Morgan fingerprint density at radius 1 is 1.04 bits per heavy atom. The van der Waals surface area contributed by atoms with E-state index in [9.17, 15) is 14.7 Å². The summed E-state index contributed by atoms with van der Waals surface area (Å²) in [6.45, 7) is 14.3. The van der Waals surface area contributed by atoms with Crippen LogP contribution in [0.5, 0.6) is 11.5 Å². The molecule has 1 saturated carbocycles. The monoisotopic (exact) mass is 648 g/mol. The number of aliphatic hydroxyl groups is 1. The molecule has 4 aliphatic heterocycles. The summed E-state index contributed by atoms with van der Waals surface area (Å²) in [5, 5.41) is 14.1. The fraction of sp³-hybridized carbons (Fsp3) is 0.512. The third-order valence-corrected chi connectivity index (χ3v) is 12.7. The first-order valence-corrected chi connectivity index (χ1v) is 17.6. The second-order valence-electron chi connectivity index (χ2n) is 16.5. The van der Waals surface area contributed by atoms with Crippen LogP contribution in [0.1, 0.15) is 119 Å². The van der Waals surface area contributed by atoms with Gasteiger partial charge in [0.2, 0.25) is 11.4 Å². The Balaban J connectivity index is 1.22. The molecule has 7 nitrogen and oxygen atoms in total. The van der Waals surface area contributed by atoms with E-state index in [0.717, 1.165) is 53.1 Å². The van der Waals surface area contributed by atoms with Crippen LogP contribution in [-0.2, 0) is 31.1 Å². The molecule has 0 amide bonds. The van der Waals surface area contributed by atoms with Crippen LogP contribution in [0, 0.1) is 18.3 Å². The van der Waals surface area contributed by atoms with E-state index in [-0.39, 0.29) is 40.8 Å². The van der Waals surface area contributed by atoms with Crippen molar-refractivity contribution >= 4 is 28.1 Å². The Morgan fingerprint density at radius 2 is 1.83 bits per heavy atom. The van der Waals surface area contributed by atoms with Crippen LogP contribution in [0.3, 0.4) is 0 Å². The van der Waals surface area contributed by atoms with Crippen molar-refractivity contribution in [1.29, 1.82) is 0 Å². The zero-order valence-corrected chi connectivity index (χ0v) is 28.9. The topological polar surface area (TPSA) is 91.3 Å². The fourth-order valence-electron chi connectivity index (χ4n) is 10.4. The Hall–Kier alpha value is -3.68. The van der Waals surface area contributed by atoms with Crippen molar-refractivity contribution in [2.45, 2.75) is 122 Å². The SMILES string of the molecule is CC(=O)C[C@]1(O)C(=O)C2=C(O[C@@H]3Oc4c5c(cc(C(C)C)c4O[C@]23C)[C@@H]2C[C@H]3C(C)(C)CCC[C@@]3(C5)O2)c2ccc3c(C)cccc3c21. The van der Waals surface area contributed by atoms with E-state index >= 15 is 0 Å². The van der Waals surface area contributed by atoms with Gasteiger partial charge in [0.15, 0.2) is 17.1 Å². The molecule has 4 heterocycles. The first-order valence-electron chi connectivity index (χ1n) is 17.6. The summed E-state index contributed by atoms with van der Waals surface area (Å²) in [6, 6.07) is 11.9. The molecule has 1 N–H and O–H groups in total. The maximum Gasteiger partial charge on any atom is 0.285 e. The minimum Gasteiger partial charge on any atom is -0.470 e. The summed E-state index contributed by atoms with van der Waals surface area (Å²) in [6.07, 6.45) is 3.78. The summed E-state index contributed by atoms with van der Waals surface area (Å²) in [4.78, 5) is 27.5. The molecule has 2 fully saturated rings. The Bertz CT molecular complexity index is 2020. The Morgan fingerprint density at radius 3 is 2.58 bits per heavy atom. The minimum absolute atomic E-state index is 0.00144. The van der Waals surface area contributed by atoms with E-state index in [4.69, 9.17) is 18.9 Å². The molecule has 0 unspecified atom stereocenters. The van der Waals surface area contributed by atoms with E-state index in [1.165, 1.54) is 18.9 Å². The number of ether oxygens (including phenoxy) is 4. The number of hydrogen-bond acceptors (Lipinski definition) is 7. The van der Waals surface area contributed by atoms with E-state index in [1.807, 2.05) is 44.2 Å². The molecule has 250 valence electrons. The van der Waals surface area contributed by atoms with Gasteiger partial charge in [-0.3, -0.25) is 9.59 Å². The lowest BCUT2D eigenvalue weighted by atomic mass is 9.60. The Kier molecular flexibility index (Phi) is 6.02. The predicted octanol–water partition coefficient (Wildman–Crippen LogP) is 7.90. The zero-order chi connectivity index (χ0) is 33.7. The van der Waals surface area contributed by atoms with E-state index in [1.54, 1.807) is 0 Å². The second-order valence-corrected chi connectivity index (χ2v) is 16.5. The van der Waals surface area contributed by atoms with E-state index in [2.05, 4.69) is 33.8 Å². The molecule has 2 bridgehead atoms. The summed E-state index contributed by atoms with van der Waals surface area (Å²) < 4.78 is 27.7. The van der Waals surface area contributed by atoms with Crippen LogP contribution in [0.4, 0.5) is 0 Å². The quantitative estimate of drug-likeness (QED) is 0.309. The molecule has 3 aromatic carbocycles. The third kappa shape index (κ3) is 3.72. The third-order valence-electron chi connectivity index (χ3n) is 12.7. The smallest absolute Gasteiger partial charge is 0.285 e. The molecule has 7 heteroatoms. The number of carbonyl (C=O) groups is 2. The second kappa shape index (κ2) is 9.51. The molecule has 1 saturated heterocycles. The normalized spacial score (nSPS) is 33.5. The lowest BCUT2D eigenvalue weighted by Crippen LogP contribution is -2.55. The fourth-order valence-corrected chi connectivity index (χ4v) is 10.4. The van der Waals surface area contributed by atoms with E-state index < -0.39 is 23.3 Å². The average molecular weight is 649 g/mol. The lowest BCUT2D eigenvalue weighted by Gasteiger charge is -2.49. The van der Waals surface area contributed by atoms with Gasteiger partial charge in [0.05, 0.1) is 17.3 Å². The lowest BCUT2D eigenvalue weighted by molar-refractivity contribution is -0.148. The standard InChI is InChI=1S/C41H44O7/c1-20(2)26-16-27-28(19-40-15-9-14-38(5,6)30(40)17-29(27)47-40)34-35(26)48-39(7)32-33(45-37(39)46-34)25-13-12-23-21(3)10-8-11-24(23)31(25)41(44,36(32)43)18-22(4)42/h8,10-13,16,20,29-30,37,44H,9,14-15,17-19H2,1-7H3/t29-,30-,37+,39+,40-,41+/m0/s1. The summed E-state index contributed by atoms with van der Waals surface area (Å²) in [5.41, 5.74) is 2.02. The van der Waals surface area contributed by atoms with Gasteiger partial charge in [0.25, 0.3) is 6.29 Å². The highest BCUT2D eigenvalue weighted by atomic mass is 16.7. The van der Waals surface area contributed by atoms with Gasteiger partial charge in [0, 0.05) is 35.1 Å². The van der Waals surface area contributed by atoms with Gasteiger partial charge in [-0.25, -0.2) is 0 Å². The van der Waals surface area contributed by atoms with Gasteiger partial charge in [0.1, 0.15) is 11.5 Å². The van der Waals surface area contributed by atoms with Crippen molar-refractivity contribution in [1.82, 2.24) is 0 Å². The number of benzene rings is 3. The predicted molar refractivity (Wildman–Crippen MR) is 181 cm³/mol. The number of hydrogen-bond donors (Lipinski definition) is 1. The number of Topliss-reactive ketones (excluding diaryl/α,β-unsaturated/α-hetero) is 2. The largest absolute Gasteiger partial charge is 0.470 e. The van der Waals surface area contributed by atoms with Crippen molar-refractivity contribution in [2.24, 2.45) is 11.3 Å². The van der Waals surface area contributed by atoms with Gasteiger partial charge in [-0.2, -0.15) is 0 Å². The van der Waals surface area contributed by atoms with Crippen LogP contribution in [0.15, 0.2) is 42.0 Å². The molecule has 6 aliphatic rings. The molecule has 9 rings (SSSR count). The molecule has 48 heavy (non-hydrogen) atoms. The van der Waals surface area contributed by atoms with E-state index in [0.29, 0.717) is 34.3 Å². The first kappa shape index (κ1) is 30.4. The summed E-state index contributed by atoms with van der Waals surface area (Å²) >= 11 is 0. The highest BCUT2D eigenvalue weighted by Crippen LogP contribution is 2.65. The van der Waals surface area contributed by atoms with Gasteiger partial charge >= 0.3 is 0 Å². The van der Waals surface area contributed by atoms with Gasteiger partial charge in [-0.15, -0.1) is 0 Å². The summed E-state index contributed by atoms with van der Waals surface area (Å²) in [5.74, 6) is 1.37. The minimum atomic E-state index is -2.09. The van der Waals surface area contributed by atoms with Crippen molar-refractivity contribution in [3.63, 3.8) is 0 Å². The van der Waals surface area contributed by atoms with Crippen molar-refractivity contribution in [3.05, 3.63) is 75.4 Å². The molecule has 6 atom stereocenters. The maximum absolute atomic E-state index is 14.8. The highest BCUT2D eigenvalue weighted by molar-refractivity contribution is 6.16. The zero-order valence-electron chi connectivity index (χ0n) is 28.9. The summed E-state index contributed by atoms with van der Waals surface area (Å²) in [7, 11) is 0. The van der Waals surface area contributed by atoms with Gasteiger partial charge < -0.3 is 24.1 Å². The van der Waals surface area contributed by atoms with Crippen molar-refractivity contribution < 1.29 is 33.6 Å². The number of carbonyl (C=O) groups excluding carboxylic acids is 2.